The monoisotopic (exact) mass is 182 g/mol. The lowest BCUT2D eigenvalue weighted by Gasteiger charge is -2.27. The zero-order valence-corrected chi connectivity index (χ0v) is 8.04. The zero-order valence-electron chi connectivity index (χ0n) is 8.04. The molecule has 0 aromatic rings. The highest BCUT2D eigenvalue weighted by Gasteiger charge is 2.21. The molecule has 0 aromatic carbocycles. The van der Waals surface area contributed by atoms with Gasteiger partial charge >= 0.3 is 0 Å². The van der Waals surface area contributed by atoms with Crippen LogP contribution in [0.3, 0.4) is 0 Å². The van der Waals surface area contributed by atoms with Crippen molar-refractivity contribution in [1.82, 2.24) is 4.90 Å². The Hall–Kier alpha value is -0.830. The first kappa shape index (κ1) is 10.3. The molecule has 3 nitrogen and oxygen atoms in total. The van der Waals surface area contributed by atoms with Crippen LogP contribution >= 0.6 is 0 Å². The molecule has 0 aromatic heterocycles. The van der Waals surface area contributed by atoms with E-state index in [2.05, 4.69) is 6.58 Å². The van der Waals surface area contributed by atoms with Crippen LogP contribution in [0.1, 0.15) is 25.7 Å². The molecule has 74 valence electrons. The molecular weight excluding hydrogens is 164 g/mol. The molecule has 1 unspecified atom stereocenters. The Morgan fingerprint density at radius 1 is 1.54 bits per heavy atom. The molecule has 1 heterocycles. The van der Waals surface area contributed by atoms with E-state index in [1.54, 1.807) is 0 Å². The molecule has 13 heavy (non-hydrogen) atoms. The number of nitrogens with two attached hydrogens (primary N) is 1. The molecule has 0 spiro atoms. The first-order valence-electron chi connectivity index (χ1n) is 4.91. The summed E-state index contributed by atoms with van der Waals surface area (Å²) in [5.41, 5.74) is 5.35. The highest BCUT2D eigenvalue weighted by atomic mass is 16.2. The van der Waals surface area contributed by atoms with E-state index in [4.69, 9.17) is 5.73 Å². The Morgan fingerprint density at radius 2 is 2.31 bits per heavy atom. The lowest BCUT2D eigenvalue weighted by Crippen LogP contribution is -2.42. The molecule has 1 aliphatic rings. The minimum Gasteiger partial charge on any atom is -0.335 e. The number of likely N-dealkylation sites (tertiary alicyclic amines) is 1. The standard InChI is InChI=1S/C10H18N2O/c1-2-9-6-4-3-5-7-12(9)10(13)8-11/h2,9H,1,3-8,11H2. The van der Waals surface area contributed by atoms with Gasteiger partial charge in [-0.15, -0.1) is 6.58 Å². The summed E-state index contributed by atoms with van der Waals surface area (Å²) in [6, 6.07) is 0.207. The molecule has 0 saturated carbocycles. The molecule has 0 radical (unpaired) electrons. The highest BCUT2D eigenvalue weighted by molar-refractivity contribution is 5.78. The lowest BCUT2D eigenvalue weighted by atomic mass is 10.1. The molecule has 1 saturated heterocycles. The summed E-state index contributed by atoms with van der Waals surface area (Å²) < 4.78 is 0. The van der Waals surface area contributed by atoms with Crippen LogP contribution in [-0.2, 0) is 4.79 Å². The molecule has 0 bridgehead atoms. The van der Waals surface area contributed by atoms with Crippen molar-refractivity contribution in [3.05, 3.63) is 12.7 Å². The van der Waals surface area contributed by atoms with Crippen LogP contribution in [0.4, 0.5) is 0 Å². The molecule has 1 fully saturated rings. The molecule has 1 rings (SSSR count). The van der Waals surface area contributed by atoms with Crippen molar-refractivity contribution in [1.29, 1.82) is 0 Å². The normalized spacial score (nSPS) is 23.8. The van der Waals surface area contributed by atoms with Gasteiger partial charge in [-0.2, -0.15) is 0 Å². The van der Waals surface area contributed by atoms with Gasteiger partial charge in [-0.1, -0.05) is 18.9 Å². The maximum absolute atomic E-state index is 11.4. The van der Waals surface area contributed by atoms with Gasteiger partial charge in [-0.25, -0.2) is 0 Å². The van der Waals surface area contributed by atoms with Gasteiger partial charge in [0.15, 0.2) is 0 Å². The van der Waals surface area contributed by atoms with Crippen molar-refractivity contribution in [2.75, 3.05) is 13.1 Å². The van der Waals surface area contributed by atoms with Gasteiger partial charge < -0.3 is 10.6 Å². The van der Waals surface area contributed by atoms with E-state index in [0.29, 0.717) is 0 Å². The van der Waals surface area contributed by atoms with E-state index < -0.39 is 0 Å². The largest absolute Gasteiger partial charge is 0.335 e. The van der Waals surface area contributed by atoms with Gasteiger partial charge in [0.05, 0.1) is 6.54 Å². The van der Waals surface area contributed by atoms with Crippen LogP contribution in [0.5, 0.6) is 0 Å². The van der Waals surface area contributed by atoms with E-state index in [9.17, 15) is 4.79 Å². The summed E-state index contributed by atoms with van der Waals surface area (Å²) in [5.74, 6) is 0.0480. The summed E-state index contributed by atoms with van der Waals surface area (Å²) in [5, 5.41) is 0. The van der Waals surface area contributed by atoms with Crippen LogP contribution in [0.25, 0.3) is 0 Å². The number of amides is 1. The summed E-state index contributed by atoms with van der Waals surface area (Å²) in [7, 11) is 0. The average molecular weight is 182 g/mol. The van der Waals surface area contributed by atoms with Crippen LogP contribution in [-0.4, -0.2) is 29.9 Å². The predicted octanol–water partition coefficient (Wildman–Crippen LogP) is 0.902. The molecular formula is C10H18N2O. The van der Waals surface area contributed by atoms with Crippen LogP contribution in [0, 0.1) is 0 Å². The van der Waals surface area contributed by atoms with Crippen molar-refractivity contribution in [2.24, 2.45) is 5.73 Å². The Balaban J connectivity index is 2.64. The first-order valence-corrected chi connectivity index (χ1v) is 4.91. The second-order valence-electron chi connectivity index (χ2n) is 3.44. The van der Waals surface area contributed by atoms with Gasteiger partial charge in [-0.05, 0) is 12.8 Å². The molecule has 1 atom stereocenters. The predicted molar refractivity (Wildman–Crippen MR) is 53.2 cm³/mol. The summed E-state index contributed by atoms with van der Waals surface area (Å²) >= 11 is 0. The van der Waals surface area contributed by atoms with Gasteiger partial charge in [0.2, 0.25) is 5.91 Å². The second kappa shape index (κ2) is 5.02. The highest BCUT2D eigenvalue weighted by Crippen LogP contribution is 2.17. The van der Waals surface area contributed by atoms with Gasteiger partial charge in [0, 0.05) is 12.6 Å². The Bertz CT molecular complexity index is 191. The van der Waals surface area contributed by atoms with Crippen molar-refractivity contribution < 1.29 is 4.79 Å². The SMILES string of the molecule is C=CC1CCCCCN1C(=O)CN. The van der Waals surface area contributed by atoms with Crippen molar-refractivity contribution >= 4 is 5.91 Å². The minimum atomic E-state index is 0.0480. The van der Waals surface area contributed by atoms with E-state index in [1.165, 1.54) is 12.8 Å². The fraction of sp³-hybridized carbons (Fsp3) is 0.700. The fourth-order valence-electron chi connectivity index (χ4n) is 1.81. The third-order valence-corrected chi connectivity index (χ3v) is 2.57. The summed E-state index contributed by atoms with van der Waals surface area (Å²) in [6.07, 6.45) is 6.38. The minimum absolute atomic E-state index is 0.0480. The maximum Gasteiger partial charge on any atom is 0.236 e. The average Bonchev–Trinajstić information content (AvgIpc) is 2.41. The topological polar surface area (TPSA) is 46.3 Å². The van der Waals surface area contributed by atoms with Crippen molar-refractivity contribution in [3.63, 3.8) is 0 Å². The molecule has 1 aliphatic heterocycles. The van der Waals surface area contributed by atoms with Crippen molar-refractivity contribution in [2.45, 2.75) is 31.7 Å². The smallest absolute Gasteiger partial charge is 0.236 e. The van der Waals surface area contributed by atoms with Crippen molar-refractivity contribution in [3.8, 4) is 0 Å². The third kappa shape index (κ3) is 2.56. The number of carbonyl (C=O) groups excluding carboxylic acids is 1. The second-order valence-corrected chi connectivity index (χ2v) is 3.44. The molecule has 0 aliphatic carbocycles. The number of carbonyl (C=O) groups is 1. The molecule has 2 N–H and O–H groups in total. The summed E-state index contributed by atoms with van der Waals surface area (Å²) in [6.45, 7) is 4.71. The fourth-order valence-corrected chi connectivity index (χ4v) is 1.81. The Morgan fingerprint density at radius 3 is 2.92 bits per heavy atom. The summed E-state index contributed by atoms with van der Waals surface area (Å²) in [4.78, 5) is 13.3. The number of nitrogens with zero attached hydrogens (tertiary/aromatic N) is 1. The third-order valence-electron chi connectivity index (χ3n) is 2.57. The number of hydrogen-bond donors (Lipinski definition) is 1. The first-order chi connectivity index (χ1) is 6.29. The Labute approximate surface area is 79.6 Å². The molecule has 1 amide bonds. The van der Waals surface area contributed by atoms with Crippen LogP contribution in [0.2, 0.25) is 0 Å². The van der Waals surface area contributed by atoms with E-state index in [0.717, 1.165) is 19.4 Å². The van der Waals surface area contributed by atoms with Gasteiger partial charge in [0.1, 0.15) is 0 Å². The zero-order chi connectivity index (χ0) is 9.68. The van der Waals surface area contributed by atoms with E-state index in [1.807, 2.05) is 11.0 Å². The maximum atomic E-state index is 11.4. The molecule has 3 heteroatoms. The van der Waals surface area contributed by atoms with Crippen LogP contribution in [0.15, 0.2) is 12.7 Å². The number of rotatable bonds is 2. The van der Waals surface area contributed by atoms with E-state index in [-0.39, 0.29) is 18.5 Å². The lowest BCUT2D eigenvalue weighted by molar-refractivity contribution is -0.131. The van der Waals surface area contributed by atoms with E-state index >= 15 is 0 Å². The number of hydrogen-bond acceptors (Lipinski definition) is 2. The quantitative estimate of drug-likeness (QED) is 0.645. The Kier molecular flexibility index (Phi) is 3.96. The van der Waals surface area contributed by atoms with Gasteiger partial charge in [0.25, 0.3) is 0 Å². The van der Waals surface area contributed by atoms with Crippen LogP contribution < -0.4 is 5.73 Å². The van der Waals surface area contributed by atoms with Gasteiger partial charge in [-0.3, -0.25) is 4.79 Å².